The van der Waals surface area contributed by atoms with Crippen molar-refractivity contribution >= 4 is 22.9 Å². The lowest BCUT2D eigenvalue weighted by molar-refractivity contribution is 0.0668. The number of aromatic nitrogens is 2. The summed E-state index contributed by atoms with van der Waals surface area (Å²) in [6.07, 6.45) is 1.61. The summed E-state index contributed by atoms with van der Waals surface area (Å²) in [5.41, 5.74) is 2.22. The minimum Gasteiger partial charge on any atom is -0.478 e. The summed E-state index contributed by atoms with van der Waals surface area (Å²) in [5, 5.41) is 10.1. The van der Waals surface area contributed by atoms with Gasteiger partial charge in [-0.25, -0.2) is 19.2 Å². The van der Waals surface area contributed by atoms with Crippen molar-refractivity contribution in [2.24, 2.45) is 0 Å². The second kappa shape index (κ2) is 8.93. The maximum absolute atomic E-state index is 13.5. The van der Waals surface area contributed by atoms with E-state index in [2.05, 4.69) is 9.97 Å². The number of aromatic carboxylic acids is 1. The maximum Gasteiger partial charge on any atom is 0.335 e. The summed E-state index contributed by atoms with van der Waals surface area (Å²) in [4.78, 5) is 35.1. The van der Waals surface area contributed by atoms with Crippen LogP contribution < -0.4 is 0 Å². The van der Waals surface area contributed by atoms with E-state index in [-0.39, 0.29) is 29.5 Å². The van der Waals surface area contributed by atoms with Gasteiger partial charge in [0.1, 0.15) is 11.5 Å². The van der Waals surface area contributed by atoms with Crippen LogP contribution in [0.25, 0.3) is 11.0 Å². The van der Waals surface area contributed by atoms with E-state index >= 15 is 0 Å². The molecule has 1 amide bonds. The van der Waals surface area contributed by atoms with Gasteiger partial charge >= 0.3 is 5.97 Å². The van der Waals surface area contributed by atoms with Gasteiger partial charge in [-0.3, -0.25) is 4.79 Å². The molecule has 0 bridgehead atoms. The van der Waals surface area contributed by atoms with Crippen LogP contribution in [-0.4, -0.2) is 31.9 Å². The molecule has 0 aliphatic heterocycles. The molecular formula is C25H20FN3O3. The summed E-state index contributed by atoms with van der Waals surface area (Å²) >= 11 is 0. The Morgan fingerprint density at radius 1 is 1.03 bits per heavy atom. The zero-order valence-corrected chi connectivity index (χ0v) is 17.3. The predicted octanol–water partition coefficient (Wildman–Crippen LogP) is 4.87. The number of amides is 1. The second-order valence-electron chi connectivity index (χ2n) is 7.41. The molecule has 1 unspecified atom stereocenters. The van der Waals surface area contributed by atoms with Gasteiger partial charge in [-0.15, -0.1) is 0 Å². The molecule has 0 spiro atoms. The molecule has 2 aromatic heterocycles. The van der Waals surface area contributed by atoms with Crippen LogP contribution in [0.3, 0.4) is 0 Å². The summed E-state index contributed by atoms with van der Waals surface area (Å²) in [5.74, 6) is -1.75. The Morgan fingerprint density at radius 3 is 2.56 bits per heavy atom. The number of fused-ring (bicyclic) bond motifs is 1. The summed E-state index contributed by atoms with van der Waals surface area (Å²) in [7, 11) is 0. The first-order valence-corrected chi connectivity index (χ1v) is 10.0. The highest BCUT2D eigenvalue weighted by Crippen LogP contribution is 2.25. The van der Waals surface area contributed by atoms with Crippen molar-refractivity contribution in [2.45, 2.75) is 19.5 Å². The van der Waals surface area contributed by atoms with Gasteiger partial charge < -0.3 is 10.0 Å². The number of pyridine rings is 2. The smallest absolute Gasteiger partial charge is 0.335 e. The number of nitrogens with zero attached hydrogens (tertiary/aromatic N) is 3. The molecule has 2 aromatic carbocycles. The number of benzene rings is 2. The number of hydrogen-bond acceptors (Lipinski definition) is 4. The van der Waals surface area contributed by atoms with Crippen LogP contribution in [-0.2, 0) is 6.54 Å². The molecule has 1 N–H and O–H groups in total. The molecule has 0 radical (unpaired) electrons. The molecule has 4 aromatic rings. The Labute approximate surface area is 184 Å². The standard InChI is InChI=1S/C25H20FN3O3/c1-16(18-7-10-21(26)11-8-18)29(15-17-4-2-5-20(14-17)25(31)32)24(30)22-12-9-19-6-3-13-27-23(19)28-22/h2-14,16H,15H2,1H3,(H,31,32). The average molecular weight is 429 g/mol. The molecule has 1 atom stereocenters. The predicted molar refractivity (Wildman–Crippen MR) is 118 cm³/mol. The molecule has 7 heteroatoms. The molecule has 0 fully saturated rings. The van der Waals surface area contributed by atoms with Gasteiger partial charge in [-0.1, -0.05) is 24.3 Å². The second-order valence-corrected chi connectivity index (χ2v) is 7.41. The van der Waals surface area contributed by atoms with E-state index in [0.29, 0.717) is 11.2 Å². The van der Waals surface area contributed by atoms with Gasteiger partial charge in [0.25, 0.3) is 5.91 Å². The van der Waals surface area contributed by atoms with Crippen LogP contribution in [0, 0.1) is 5.82 Å². The van der Waals surface area contributed by atoms with Crippen LogP contribution in [0.4, 0.5) is 4.39 Å². The normalized spacial score (nSPS) is 11.8. The van der Waals surface area contributed by atoms with Crippen molar-refractivity contribution in [1.29, 1.82) is 0 Å². The van der Waals surface area contributed by atoms with Crippen molar-refractivity contribution in [1.82, 2.24) is 14.9 Å². The number of carboxylic acids is 1. The van der Waals surface area contributed by atoms with E-state index in [1.54, 1.807) is 53.6 Å². The third-order valence-electron chi connectivity index (χ3n) is 5.29. The topological polar surface area (TPSA) is 83.4 Å². The highest BCUT2D eigenvalue weighted by Gasteiger charge is 2.25. The van der Waals surface area contributed by atoms with Crippen molar-refractivity contribution in [3.8, 4) is 0 Å². The largest absolute Gasteiger partial charge is 0.478 e. The van der Waals surface area contributed by atoms with Crippen LogP contribution in [0.1, 0.15) is 44.9 Å². The monoisotopic (exact) mass is 429 g/mol. The van der Waals surface area contributed by atoms with Crippen LogP contribution in [0.5, 0.6) is 0 Å². The fourth-order valence-corrected chi connectivity index (χ4v) is 3.52. The number of carboxylic acid groups (broad SMARTS) is 1. The van der Waals surface area contributed by atoms with Gasteiger partial charge in [0.15, 0.2) is 5.65 Å². The maximum atomic E-state index is 13.5. The third-order valence-corrected chi connectivity index (χ3v) is 5.29. The molecule has 4 rings (SSSR count). The molecule has 0 saturated carbocycles. The minimum absolute atomic E-state index is 0.136. The summed E-state index contributed by atoms with van der Waals surface area (Å²) in [6, 6.07) is 19.1. The Balaban J connectivity index is 1.73. The van der Waals surface area contributed by atoms with Gasteiger partial charge in [0, 0.05) is 18.1 Å². The zero-order chi connectivity index (χ0) is 22.7. The Bertz CT molecular complexity index is 1290. The van der Waals surface area contributed by atoms with E-state index in [1.807, 2.05) is 13.0 Å². The van der Waals surface area contributed by atoms with Crippen molar-refractivity contribution in [2.75, 3.05) is 0 Å². The third kappa shape index (κ3) is 4.46. The van der Waals surface area contributed by atoms with Crippen molar-refractivity contribution in [3.05, 3.63) is 107 Å². The van der Waals surface area contributed by atoms with Crippen LogP contribution in [0.15, 0.2) is 79.0 Å². The molecule has 0 saturated heterocycles. The molecular weight excluding hydrogens is 409 g/mol. The fourth-order valence-electron chi connectivity index (χ4n) is 3.52. The number of hydrogen-bond donors (Lipinski definition) is 1. The quantitative estimate of drug-likeness (QED) is 0.473. The number of rotatable bonds is 6. The summed E-state index contributed by atoms with van der Waals surface area (Å²) < 4.78 is 13.4. The molecule has 6 nitrogen and oxygen atoms in total. The molecule has 2 heterocycles. The van der Waals surface area contributed by atoms with Crippen LogP contribution >= 0.6 is 0 Å². The van der Waals surface area contributed by atoms with E-state index in [4.69, 9.17) is 0 Å². The first-order valence-electron chi connectivity index (χ1n) is 10.0. The van der Waals surface area contributed by atoms with Crippen LogP contribution in [0.2, 0.25) is 0 Å². The van der Waals surface area contributed by atoms with Crippen molar-refractivity contribution < 1.29 is 19.1 Å². The molecule has 0 aliphatic carbocycles. The van der Waals surface area contributed by atoms with Gasteiger partial charge in [0.05, 0.1) is 11.6 Å². The Morgan fingerprint density at radius 2 is 1.81 bits per heavy atom. The average Bonchev–Trinajstić information content (AvgIpc) is 2.82. The lowest BCUT2D eigenvalue weighted by Crippen LogP contribution is -2.34. The molecule has 0 aliphatic rings. The highest BCUT2D eigenvalue weighted by molar-refractivity contribution is 5.94. The Kier molecular flexibility index (Phi) is 5.89. The number of carbonyl (C=O) groups excluding carboxylic acids is 1. The molecule has 160 valence electrons. The zero-order valence-electron chi connectivity index (χ0n) is 17.3. The van der Waals surface area contributed by atoms with Gasteiger partial charge in [-0.05, 0) is 66.6 Å². The number of halogens is 1. The van der Waals surface area contributed by atoms with E-state index in [1.165, 1.54) is 24.3 Å². The fraction of sp³-hybridized carbons (Fsp3) is 0.120. The summed E-state index contributed by atoms with van der Waals surface area (Å²) in [6.45, 7) is 1.99. The Hall–Kier alpha value is -4.13. The van der Waals surface area contributed by atoms with Gasteiger partial charge in [-0.2, -0.15) is 0 Å². The van der Waals surface area contributed by atoms with E-state index in [9.17, 15) is 19.1 Å². The highest BCUT2D eigenvalue weighted by atomic mass is 19.1. The minimum atomic E-state index is -1.04. The lowest BCUT2D eigenvalue weighted by atomic mass is 10.0. The number of carbonyl (C=O) groups is 2. The van der Waals surface area contributed by atoms with Crippen molar-refractivity contribution in [3.63, 3.8) is 0 Å². The van der Waals surface area contributed by atoms with Gasteiger partial charge in [0.2, 0.25) is 0 Å². The first kappa shape index (κ1) is 21.1. The van der Waals surface area contributed by atoms with E-state index < -0.39 is 12.0 Å². The lowest BCUT2D eigenvalue weighted by Gasteiger charge is -2.30. The first-order chi connectivity index (χ1) is 15.4. The SMILES string of the molecule is CC(c1ccc(F)cc1)N(Cc1cccc(C(=O)O)c1)C(=O)c1ccc2cccnc2n1. The molecule has 32 heavy (non-hydrogen) atoms. The van der Waals surface area contributed by atoms with E-state index in [0.717, 1.165) is 10.9 Å².